The molecule has 1 fully saturated rings. The van der Waals surface area contributed by atoms with Crippen LogP contribution in [0.5, 0.6) is 0 Å². The number of halogens is 1. The molecule has 3 amide bonds. The van der Waals surface area contributed by atoms with Crippen molar-refractivity contribution in [3.8, 4) is 0 Å². The summed E-state index contributed by atoms with van der Waals surface area (Å²) in [5, 5.41) is 4.76. The lowest BCUT2D eigenvalue weighted by atomic mass is 10.2. The van der Waals surface area contributed by atoms with Gasteiger partial charge in [0.2, 0.25) is 11.8 Å². The van der Waals surface area contributed by atoms with Gasteiger partial charge in [0, 0.05) is 23.7 Å². The van der Waals surface area contributed by atoms with E-state index in [9.17, 15) is 14.4 Å². The molecule has 0 radical (unpaired) electrons. The van der Waals surface area contributed by atoms with Crippen molar-refractivity contribution >= 4 is 52.3 Å². The van der Waals surface area contributed by atoms with Gasteiger partial charge in [0.1, 0.15) is 6.04 Å². The predicted molar refractivity (Wildman–Crippen MR) is 113 cm³/mol. The van der Waals surface area contributed by atoms with Crippen molar-refractivity contribution in [2.24, 2.45) is 0 Å². The minimum Gasteiger partial charge on any atom is -0.326 e. The molecule has 1 aromatic rings. The topological polar surface area (TPSA) is 81.8 Å². The highest BCUT2D eigenvalue weighted by molar-refractivity contribution is 7.80. The van der Waals surface area contributed by atoms with E-state index in [4.69, 9.17) is 23.8 Å². The van der Waals surface area contributed by atoms with Crippen LogP contribution in [0.1, 0.15) is 46.0 Å². The third-order valence-electron chi connectivity index (χ3n) is 4.36. The van der Waals surface area contributed by atoms with E-state index < -0.39 is 6.04 Å². The van der Waals surface area contributed by atoms with Crippen molar-refractivity contribution in [2.45, 2.75) is 52.0 Å². The highest BCUT2D eigenvalue weighted by atomic mass is 35.5. The third-order valence-corrected chi connectivity index (χ3v) is 5.01. The minimum atomic E-state index is -0.873. The maximum absolute atomic E-state index is 12.7. The molecule has 9 heteroatoms. The highest BCUT2D eigenvalue weighted by Gasteiger charge is 2.43. The number of carbonyl (C=O) groups excluding carboxylic acids is 3. The van der Waals surface area contributed by atoms with E-state index in [-0.39, 0.29) is 29.3 Å². The lowest BCUT2D eigenvalue weighted by molar-refractivity contribution is -0.132. The first-order valence-electron chi connectivity index (χ1n) is 9.36. The van der Waals surface area contributed by atoms with Crippen LogP contribution in [0, 0.1) is 0 Å². The number of hydrogen-bond acceptors (Lipinski definition) is 4. The Hall–Kier alpha value is -2.19. The molecule has 1 heterocycles. The Morgan fingerprint density at radius 2 is 1.96 bits per heavy atom. The van der Waals surface area contributed by atoms with Crippen molar-refractivity contribution in [3.63, 3.8) is 0 Å². The zero-order valence-electron chi connectivity index (χ0n) is 16.0. The van der Waals surface area contributed by atoms with Crippen molar-refractivity contribution in [1.29, 1.82) is 0 Å². The first-order valence-corrected chi connectivity index (χ1v) is 10.2. The molecule has 2 rings (SSSR count). The van der Waals surface area contributed by atoms with E-state index in [0.29, 0.717) is 23.7 Å². The van der Waals surface area contributed by atoms with Crippen molar-refractivity contribution in [1.82, 2.24) is 15.3 Å². The number of anilines is 1. The number of carbonyl (C=O) groups is 3. The fourth-order valence-corrected chi connectivity index (χ4v) is 3.51. The molecule has 2 N–H and O–H groups in total. The second-order valence-electron chi connectivity index (χ2n) is 6.51. The fraction of sp³-hybridized carbons (Fsp3) is 0.474. The van der Waals surface area contributed by atoms with E-state index in [1.807, 2.05) is 0 Å². The van der Waals surface area contributed by atoms with Crippen LogP contribution >= 0.6 is 23.8 Å². The molecule has 152 valence electrons. The second kappa shape index (κ2) is 10.4. The van der Waals surface area contributed by atoms with Gasteiger partial charge in [-0.25, -0.2) is 5.01 Å². The summed E-state index contributed by atoms with van der Waals surface area (Å²) in [6, 6.07) is 5.87. The summed E-state index contributed by atoms with van der Waals surface area (Å²) in [5.41, 5.74) is 3.24. The van der Waals surface area contributed by atoms with Crippen molar-refractivity contribution < 1.29 is 14.4 Å². The Labute approximate surface area is 175 Å². The smallest absolute Gasteiger partial charge is 0.254 e. The highest BCUT2D eigenvalue weighted by Crippen LogP contribution is 2.20. The Bertz CT molecular complexity index is 758. The first kappa shape index (κ1) is 22.1. The van der Waals surface area contributed by atoms with E-state index in [2.05, 4.69) is 17.7 Å². The predicted octanol–water partition coefficient (Wildman–Crippen LogP) is 3.10. The van der Waals surface area contributed by atoms with Crippen molar-refractivity contribution in [3.05, 3.63) is 29.3 Å². The molecule has 28 heavy (non-hydrogen) atoms. The summed E-state index contributed by atoms with van der Waals surface area (Å²) in [6.07, 6.45) is 2.91. The van der Waals surface area contributed by atoms with Crippen LogP contribution in [0.3, 0.4) is 0 Å². The van der Waals surface area contributed by atoms with Crippen LogP contribution in [0.15, 0.2) is 24.3 Å². The molecule has 0 saturated carbocycles. The maximum atomic E-state index is 12.7. The summed E-state index contributed by atoms with van der Waals surface area (Å²) in [4.78, 5) is 38.8. The molecule has 0 aliphatic carbocycles. The van der Waals surface area contributed by atoms with E-state index >= 15 is 0 Å². The molecule has 1 unspecified atom stereocenters. The monoisotopic (exact) mass is 424 g/mol. The van der Waals surface area contributed by atoms with Crippen LogP contribution in [-0.4, -0.2) is 45.3 Å². The SMILES string of the molecule is CCCCCC(=O)NN1C(=S)N(CC)C(=O)C1CC(=O)Nc1cccc(Cl)c1. The standard InChI is InChI=1S/C19H25ClN4O3S/c1-3-5-6-10-16(25)22-24-15(18(27)23(4-2)19(24)28)12-17(26)21-14-9-7-8-13(20)11-14/h7-9,11,15H,3-6,10,12H2,1-2H3,(H,21,26)(H,22,25). The molecule has 1 aliphatic rings. The number of hydrogen-bond donors (Lipinski definition) is 2. The average molecular weight is 425 g/mol. The zero-order valence-corrected chi connectivity index (χ0v) is 17.6. The second-order valence-corrected chi connectivity index (χ2v) is 7.31. The van der Waals surface area contributed by atoms with Gasteiger partial charge in [0.25, 0.3) is 5.91 Å². The van der Waals surface area contributed by atoms with Crippen LogP contribution in [0.25, 0.3) is 0 Å². The van der Waals surface area contributed by atoms with E-state index in [0.717, 1.165) is 19.3 Å². The first-order chi connectivity index (χ1) is 13.4. The van der Waals surface area contributed by atoms with Crippen molar-refractivity contribution in [2.75, 3.05) is 11.9 Å². The fourth-order valence-electron chi connectivity index (χ4n) is 2.92. The van der Waals surface area contributed by atoms with Gasteiger partial charge in [0.05, 0.1) is 6.42 Å². The molecule has 0 bridgehead atoms. The summed E-state index contributed by atoms with van der Waals surface area (Å²) in [7, 11) is 0. The molecular formula is C19H25ClN4O3S. The summed E-state index contributed by atoms with van der Waals surface area (Å²) in [6.45, 7) is 4.21. The Balaban J connectivity index is 2.06. The molecular weight excluding hydrogens is 400 g/mol. The number of nitrogens with zero attached hydrogens (tertiary/aromatic N) is 2. The molecule has 1 atom stereocenters. The molecule has 1 aromatic carbocycles. The molecule has 1 aliphatic heterocycles. The van der Waals surface area contributed by atoms with Gasteiger partial charge in [-0.1, -0.05) is 37.4 Å². The number of rotatable bonds is 9. The summed E-state index contributed by atoms with van der Waals surface area (Å²) < 4.78 is 0. The number of unbranched alkanes of at least 4 members (excludes halogenated alkanes) is 2. The largest absolute Gasteiger partial charge is 0.326 e. The quantitative estimate of drug-likeness (QED) is 0.470. The van der Waals surface area contributed by atoms with Gasteiger partial charge < -0.3 is 5.32 Å². The Kier molecular flexibility index (Phi) is 8.19. The van der Waals surface area contributed by atoms with Gasteiger partial charge in [-0.05, 0) is 43.8 Å². The van der Waals surface area contributed by atoms with E-state index in [1.54, 1.807) is 31.2 Å². The molecule has 7 nitrogen and oxygen atoms in total. The van der Waals surface area contributed by atoms with Crippen LogP contribution in [-0.2, 0) is 14.4 Å². The molecule has 1 saturated heterocycles. The number of amides is 3. The minimum absolute atomic E-state index is 0.142. The lowest BCUT2D eigenvalue weighted by Crippen LogP contribution is -2.49. The van der Waals surface area contributed by atoms with Gasteiger partial charge >= 0.3 is 0 Å². The lowest BCUT2D eigenvalue weighted by Gasteiger charge is -2.24. The molecule has 0 aromatic heterocycles. The normalized spacial score (nSPS) is 16.5. The number of thiocarbonyl (C=S) groups is 1. The van der Waals surface area contributed by atoms with E-state index in [1.165, 1.54) is 9.91 Å². The van der Waals surface area contributed by atoms with Gasteiger partial charge in [-0.15, -0.1) is 0 Å². The number of likely N-dealkylation sites (N-methyl/N-ethyl adjacent to an activating group) is 1. The average Bonchev–Trinajstić information content (AvgIpc) is 2.85. The molecule has 0 spiro atoms. The summed E-state index contributed by atoms with van der Waals surface area (Å²) in [5.74, 6) is -0.893. The number of nitrogens with one attached hydrogen (secondary N) is 2. The third kappa shape index (κ3) is 5.65. The number of benzene rings is 1. The summed E-state index contributed by atoms with van der Waals surface area (Å²) >= 11 is 11.3. The van der Waals surface area contributed by atoms with Gasteiger partial charge in [-0.3, -0.25) is 24.7 Å². The zero-order chi connectivity index (χ0) is 20.7. The Morgan fingerprint density at radius 3 is 2.61 bits per heavy atom. The van der Waals surface area contributed by atoms with Crippen LogP contribution in [0.4, 0.5) is 5.69 Å². The van der Waals surface area contributed by atoms with Gasteiger partial charge in [-0.2, -0.15) is 0 Å². The number of hydrazine groups is 1. The van der Waals surface area contributed by atoms with Gasteiger partial charge in [0.15, 0.2) is 5.11 Å². The maximum Gasteiger partial charge on any atom is 0.254 e. The van der Waals surface area contributed by atoms with Crippen LogP contribution < -0.4 is 10.7 Å². The Morgan fingerprint density at radius 1 is 1.21 bits per heavy atom. The van der Waals surface area contributed by atoms with Crippen LogP contribution in [0.2, 0.25) is 5.02 Å².